The van der Waals surface area contributed by atoms with Gasteiger partial charge in [-0.3, -0.25) is 14.8 Å². The zero-order chi connectivity index (χ0) is 38.0. The molecule has 55 heavy (non-hydrogen) atoms. The summed E-state index contributed by atoms with van der Waals surface area (Å²) < 4.78 is 27.4. The number of rotatable bonds is 11. The van der Waals surface area contributed by atoms with Crippen molar-refractivity contribution in [2.75, 3.05) is 82.4 Å². The lowest BCUT2D eigenvalue weighted by Crippen LogP contribution is -2.47. The van der Waals surface area contributed by atoms with Crippen molar-refractivity contribution in [1.29, 1.82) is 0 Å². The molecular formula is C40H44ClFN10OS2. The van der Waals surface area contributed by atoms with E-state index in [0.717, 1.165) is 111 Å². The minimum absolute atomic E-state index is 0.269. The SMILES string of the molecule is COc1ccc(CCN2CCN(c3nc(-c4cccc(F)c4)ns3)CC2)cn1.Cc1ccc(-c2nsc(N3CCN(CCc4ccc(Cl)cc4)CC3)n2)cn1. The van der Waals surface area contributed by atoms with Crippen LogP contribution in [0.25, 0.3) is 22.8 Å². The monoisotopic (exact) mass is 798 g/mol. The summed E-state index contributed by atoms with van der Waals surface area (Å²) in [7, 11) is 1.63. The number of anilines is 2. The Morgan fingerprint density at radius 3 is 1.82 bits per heavy atom. The highest BCUT2D eigenvalue weighted by Gasteiger charge is 2.22. The molecule has 0 aliphatic carbocycles. The quantitative estimate of drug-likeness (QED) is 0.135. The second kappa shape index (κ2) is 18.8. The molecule has 0 amide bonds. The predicted molar refractivity (Wildman–Crippen MR) is 220 cm³/mol. The van der Waals surface area contributed by atoms with Gasteiger partial charge in [0.15, 0.2) is 11.6 Å². The first kappa shape index (κ1) is 38.7. The molecule has 6 heterocycles. The average Bonchev–Trinajstić information content (AvgIpc) is 3.93. The zero-order valence-corrected chi connectivity index (χ0v) is 33.4. The molecule has 15 heteroatoms. The number of pyridine rings is 2. The van der Waals surface area contributed by atoms with Crippen LogP contribution >= 0.6 is 34.7 Å². The molecule has 0 N–H and O–H groups in total. The van der Waals surface area contributed by atoms with Crippen molar-refractivity contribution in [3.63, 3.8) is 0 Å². The fourth-order valence-electron chi connectivity index (χ4n) is 6.38. The predicted octanol–water partition coefficient (Wildman–Crippen LogP) is 7.04. The van der Waals surface area contributed by atoms with Crippen LogP contribution in [0.2, 0.25) is 5.02 Å². The van der Waals surface area contributed by atoms with Gasteiger partial charge in [0.2, 0.25) is 16.1 Å². The highest BCUT2D eigenvalue weighted by Crippen LogP contribution is 2.26. The van der Waals surface area contributed by atoms with E-state index in [9.17, 15) is 4.39 Å². The Labute approximate surface area is 334 Å². The zero-order valence-electron chi connectivity index (χ0n) is 31.0. The first-order valence-corrected chi connectivity index (χ1v) is 20.4. The fourth-order valence-corrected chi connectivity index (χ4v) is 7.99. The van der Waals surface area contributed by atoms with Gasteiger partial charge in [0.1, 0.15) is 5.82 Å². The van der Waals surface area contributed by atoms with Crippen LogP contribution in [0.15, 0.2) is 85.2 Å². The van der Waals surface area contributed by atoms with E-state index in [1.807, 2.05) is 55.7 Å². The van der Waals surface area contributed by atoms with Gasteiger partial charge in [-0.05, 0) is 67.3 Å². The molecule has 2 aliphatic rings. The van der Waals surface area contributed by atoms with E-state index in [4.69, 9.17) is 21.3 Å². The lowest BCUT2D eigenvalue weighted by molar-refractivity contribution is 0.261. The van der Waals surface area contributed by atoms with Gasteiger partial charge in [-0.2, -0.15) is 18.7 Å². The number of aromatic nitrogens is 6. The maximum Gasteiger partial charge on any atom is 0.212 e. The number of ether oxygens (including phenoxy) is 1. The first-order chi connectivity index (χ1) is 26.9. The normalized spacial score (nSPS) is 15.1. The number of hydrogen-bond donors (Lipinski definition) is 0. The van der Waals surface area contributed by atoms with Crippen LogP contribution in [0, 0.1) is 12.7 Å². The van der Waals surface area contributed by atoms with E-state index in [1.54, 1.807) is 13.2 Å². The van der Waals surface area contributed by atoms with E-state index in [0.29, 0.717) is 17.3 Å². The molecule has 2 saturated heterocycles. The topological polar surface area (TPSA) is 99.5 Å². The van der Waals surface area contributed by atoms with E-state index in [-0.39, 0.29) is 5.82 Å². The van der Waals surface area contributed by atoms with Gasteiger partial charge in [0, 0.05) is 129 Å². The molecule has 0 radical (unpaired) electrons. The van der Waals surface area contributed by atoms with Crippen molar-refractivity contribution in [3.8, 4) is 28.7 Å². The molecule has 0 unspecified atom stereocenters. The molecule has 11 nitrogen and oxygen atoms in total. The Kier molecular flexibility index (Phi) is 13.2. The van der Waals surface area contributed by atoms with Gasteiger partial charge >= 0.3 is 0 Å². The molecular weight excluding hydrogens is 755 g/mol. The Morgan fingerprint density at radius 1 is 0.673 bits per heavy atom. The van der Waals surface area contributed by atoms with Crippen LogP contribution in [0.5, 0.6) is 5.88 Å². The lowest BCUT2D eigenvalue weighted by Gasteiger charge is -2.34. The van der Waals surface area contributed by atoms with E-state index in [1.165, 1.54) is 46.3 Å². The Hall–Kier alpha value is -4.60. The summed E-state index contributed by atoms with van der Waals surface area (Å²) in [5, 5.41) is 2.70. The second-order valence-electron chi connectivity index (χ2n) is 13.5. The smallest absolute Gasteiger partial charge is 0.212 e. The van der Waals surface area contributed by atoms with Gasteiger partial charge < -0.3 is 14.5 Å². The summed E-state index contributed by atoms with van der Waals surface area (Å²) in [6.07, 6.45) is 5.75. The lowest BCUT2D eigenvalue weighted by atomic mass is 10.1. The number of nitrogens with zero attached hydrogens (tertiary/aromatic N) is 10. The standard InChI is InChI=1S/C20H22ClN5S.C20H22FN5OS/c1-15-2-5-17(14-22-15)19-23-20(27-24-19)26-12-10-25(11-13-26)9-8-16-3-6-18(21)7-4-16;1-27-18-6-5-15(14-22-18)7-8-25-9-11-26(12-10-25)20-23-19(24-28-20)16-3-2-4-17(21)13-16/h2-7,14H,8-13H2,1H3;2-6,13-14H,7-12H2,1H3. The van der Waals surface area contributed by atoms with Crippen LogP contribution < -0.4 is 14.5 Å². The Morgan fingerprint density at radius 2 is 1.27 bits per heavy atom. The van der Waals surface area contributed by atoms with Crippen LogP contribution in [0.3, 0.4) is 0 Å². The van der Waals surface area contributed by atoms with E-state index in [2.05, 4.69) is 61.5 Å². The molecule has 286 valence electrons. The third kappa shape index (κ3) is 10.8. The van der Waals surface area contributed by atoms with Crippen molar-refractivity contribution < 1.29 is 9.13 Å². The highest BCUT2D eigenvalue weighted by atomic mass is 35.5. The number of methoxy groups -OCH3 is 1. The van der Waals surface area contributed by atoms with Crippen LogP contribution in [-0.2, 0) is 12.8 Å². The maximum atomic E-state index is 13.4. The van der Waals surface area contributed by atoms with Crippen LogP contribution in [0.4, 0.5) is 14.7 Å². The molecule has 0 bridgehead atoms. The minimum atomic E-state index is -0.269. The number of benzene rings is 2. The van der Waals surface area contributed by atoms with Gasteiger partial charge in [-0.1, -0.05) is 41.9 Å². The molecule has 2 fully saturated rings. The summed E-state index contributed by atoms with van der Waals surface area (Å²) in [5.74, 6) is 1.74. The fraction of sp³-hybridized carbons (Fsp3) is 0.350. The van der Waals surface area contributed by atoms with Crippen LogP contribution in [0.1, 0.15) is 16.8 Å². The largest absolute Gasteiger partial charge is 0.481 e. The van der Waals surface area contributed by atoms with E-state index < -0.39 is 0 Å². The summed E-state index contributed by atoms with van der Waals surface area (Å²) in [4.78, 5) is 27.5. The van der Waals surface area contributed by atoms with Crippen LogP contribution in [-0.4, -0.2) is 111 Å². The average molecular weight is 799 g/mol. The Balaban J connectivity index is 0.000000169. The highest BCUT2D eigenvalue weighted by molar-refractivity contribution is 7.10. The summed E-state index contributed by atoms with van der Waals surface area (Å²) in [5.41, 5.74) is 5.25. The molecule has 6 aromatic rings. The first-order valence-electron chi connectivity index (χ1n) is 18.4. The minimum Gasteiger partial charge on any atom is -0.481 e. The molecule has 2 aromatic carbocycles. The molecule has 8 rings (SSSR count). The number of aryl methyl sites for hydroxylation is 1. The molecule has 0 spiro atoms. The van der Waals surface area contributed by atoms with Crippen molar-refractivity contribution >= 4 is 44.9 Å². The van der Waals surface area contributed by atoms with Crippen molar-refractivity contribution in [3.05, 3.63) is 113 Å². The summed E-state index contributed by atoms with van der Waals surface area (Å²) >= 11 is 8.80. The molecule has 2 aliphatic heterocycles. The van der Waals surface area contributed by atoms with Gasteiger partial charge in [-0.15, -0.1) is 0 Å². The molecule has 0 atom stereocenters. The molecule has 4 aromatic heterocycles. The van der Waals surface area contributed by atoms with Crippen molar-refractivity contribution in [2.45, 2.75) is 19.8 Å². The van der Waals surface area contributed by atoms with Gasteiger partial charge in [0.05, 0.1) is 7.11 Å². The second-order valence-corrected chi connectivity index (χ2v) is 15.4. The summed E-state index contributed by atoms with van der Waals surface area (Å²) in [6.45, 7) is 11.9. The number of hydrogen-bond acceptors (Lipinski definition) is 13. The van der Waals surface area contributed by atoms with Gasteiger partial charge in [0.25, 0.3) is 0 Å². The van der Waals surface area contributed by atoms with Crippen molar-refractivity contribution in [2.24, 2.45) is 0 Å². The van der Waals surface area contributed by atoms with Crippen molar-refractivity contribution in [1.82, 2.24) is 38.5 Å². The number of halogens is 2. The Bertz CT molecular complexity index is 2080. The van der Waals surface area contributed by atoms with E-state index >= 15 is 0 Å². The molecule has 0 saturated carbocycles. The third-order valence-electron chi connectivity index (χ3n) is 9.72. The summed E-state index contributed by atoms with van der Waals surface area (Å²) in [6, 6.07) is 22.6. The third-order valence-corrected chi connectivity index (χ3v) is 11.5. The number of piperazine rings is 2. The maximum absolute atomic E-state index is 13.4. The van der Waals surface area contributed by atoms with Gasteiger partial charge in [-0.25, -0.2) is 9.37 Å².